The summed E-state index contributed by atoms with van der Waals surface area (Å²) in [4.78, 5) is 36.5. The van der Waals surface area contributed by atoms with E-state index in [9.17, 15) is 18.8 Å². The SMILES string of the molecule is CCOC(=O)c1csc(NC(=O)c2ccccc2F)c1C(=O)OCC. The summed E-state index contributed by atoms with van der Waals surface area (Å²) < 4.78 is 23.6. The molecule has 0 spiro atoms. The van der Waals surface area contributed by atoms with Gasteiger partial charge in [0, 0.05) is 5.38 Å². The van der Waals surface area contributed by atoms with Gasteiger partial charge in [0.15, 0.2) is 0 Å². The van der Waals surface area contributed by atoms with Crippen molar-refractivity contribution < 1.29 is 28.2 Å². The standard InChI is InChI=1S/C17H16FNO5S/c1-3-23-16(21)11-9-25-15(13(11)17(22)24-4-2)19-14(20)10-7-5-6-8-12(10)18/h5-9H,3-4H2,1-2H3,(H,19,20). The highest BCUT2D eigenvalue weighted by molar-refractivity contribution is 7.15. The van der Waals surface area contributed by atoms with Crippen molar-refractivity contribution in [2.24, 2.45) is 0 Å². The first-order valence-electron chi connectivity index (χ1n) is 7.51. The molecule has 6 nitrogen and oxygen atoms in total. The first-order valence-corrected chi connectivity index (χ1v) is 8.39. The van der Waals surface area contributed by atoms with Gasteiger partial charge in [0.1, 0.15) is 16.4 Å². The Kier molecular flexibility index (Phi) is 6.24. The molecule has 0 fully saturated rings. The van der Waals surface area contributed by atoms with Crippen LogP contribution in [0.25, 0.3) is 0 Å². The maximum absolute atomic E-state index is 13.7. The smallest absolute Gasteiger partial charge is 0.342 e. The third-order valence-electron chi connectivity index (χ3n) is 3.11. The maximum atomic E-state index is 13.7. The second-order valence-electron chi connectivity index (χ2n) is 4.73. The number of carbonyl (C=O) groups is 3. The summed E-state index contributed by atoms with van der Waals surface area (Å²) in [5, 5.41) is 3.94. The minimum atomic E-state index is -0.768. The van der Waals surface area contributed by atoms with Crippen LogP contribution in [0.5, 0.6) is 0 Å². The van der Waals surface area contributed by atoms with Gasteiger partial charge in [0.25, 0.3) is 5.91 Å². The largest absolute Gasteiger partial charge is 0.462 e. The van der Waals surface area contributed by atoms with Crippen LogP contribution in [0.1, 0.15) is 44.9 Å². The number of esters is 2. The van der Waals surface area contributed by atoms with Crippen molar-refractivity contribution in [3.05, 3.63) is 52.2 Å². The molecule has 0 aliphatic rings. The molecule has 0 aliphatic heterocycles. The van der Waals surface area contributed by atoms with Crippen LogP contribution in [-0.2, 0) is 9.47 Å². The van der Waals surface area contributed by atoms with Crippen molar-refractivity contribution in [3.8, 4) is 0 Å². The van der Waals surface area contributed by atoms with Crippen molar-refractivity contribution in [1.82, 2.24) is 0 Å². The average molecular weight is 365 g/mol. The second-order valence-corrected chi connectivity index (χ2v) is 5.61. The van der Waals surface area contributed by atoms with Crippen LogP contribution in [0.15, 0.2) is 29.6 Å². The Hall–Kier alpha value is -2.74. The van der Waals surface area contributed by atoms with Crippen molar-refractivity contribution in [2.75, 3.05) is 18.5 Å². The van der Waals surface area contributed by atoms with Gasteiger partial charge in [-0.3, -0.25) is 4.79 Å². The van der Waals surface area contributed by atoms with E-state index in [2.05, 4.69) is 5.32 Å². The third-order valence-corrected chi connectivity index (χ3v) is 4.01. The molecule has 0 bridgehead atoms. The van der Waals surface area contributed by atoms with Crippen molar-refractivity contribution in [3.63, 3.8) is 0 Å². The van der Waals surface area contributed by atoms with Crippen molar-refractivity contribution in [1.29, 1.82) is 0 Å². The van der Waals surface area contributed by atoms with Crippen LogP contribution in [0.4, 0.5) is 9.39 Å². The Balaban J connectivity index is 2.37. The summed E-state index contributed by atoms with van der Waals surface area (Å²) in [5.41, 5.74) is -0.285. The van der Waals surface area contributed by atoms with Gasteiger partial charge in [-0.1, -0.05) is 12.1 Å². The molecular weight excluding hydrogens is 349 g/mol. The van der Waals surface area contributed by atoms with E-state index >= 15 is 0 Å². The molecule has 1 amide bonds. The fraction of sp³-hybridized carbons (Fsp3) is 0.235. The topological polar surface area (TPSA) is 81.7 Å². The molecule has 25 heavy (non-hydrogen) atoms. The molecule has 1 aromatic carbocycles. The molecule has 0 atom stereocenters. The lowest BCUT2D eigenvalue weighted by molar-refractivity contribution is 0.0481. The van der Waals surface area contributed by atoms with Crippen molar-refractivity contribution in [2.45, 2.75) is 13.8 Å². The normalized spacial score (nSPS) is 10.2. The zero-order valence-corrected chi connectivity index (χ0v) is 14.4. The molecule has 0 saturated heterocycles. The summed E-state index contributed by atoms with van der Waals surface area (Å²) in [6.45, 7) is 3.48. The molecule has 0 radical (unpaired) electrons. The van der Waals surface area contributed by atoms with Crippen LogP contribution in [0.2, 0.25) is 0 Å². The van der Waals surface area contributed by atoms with Crippen LogP contribution in [0, 0.1) is 5.82 Å². The fourth-order valence-electron chi connectivity index (χ4n) is 2.03. The highest BCUT2D eigenvalue weighted by Gasteiger charge is 2.27. The Bertz CT molecular complexity index is 802. The van der Waals surface area contributed by atoms with Crippen molar-refractivity contribution >= 4 is 34.2 Å². The van der Waals surface area contributed by atoms with Gasteiger partial charge in [0.2, 0.25) is 0 Å². The minimum absolute atomic E-state index is 0.00543. The molecule has 1 N–H and O–H groups in total. The number of rotatable bonds is 6. The van der Waals surface area contributed by atoms with Gasteiger partial charge in [-0.15, -0.1) is 11.3 Å². The summed E-state index contributed by atoms with van der Waals surface area (Å²) in [5.74, 6) is -2.90. The highest BCUT2D eigenvalue weighted by Crippen LogP contribution is 2.30. The van der Waals surface area contributed by atoms with Crippen LogP contribution in [0.3, 0.4) is 0 Å². The average Bonchev–Trinajstić information content (AvgIpc) is 2.99. The number of halogens is 1. The predicted octanol–water partition coefficient (Wildman–Crippen LogP) is 3.49. The van der Waals surface area contributed by atoms with Crippen LogP contribution >= 0.6 is 11.3 Å². The predicted molar refractivity (Wildman–Crippen MR) is 90.6 cm³/mol. The molecule has 0 unspecified atom stereocenters. The van der Waals surface area contributed by atoms with E-state index in [0.717, 1.165) is 17.4 Å². The van der Waals surface area contributed by atoms with E-state index in [-0.39, 0.29) is 34.9 Å². The van der Waals surface area contributed by atoms with E-state index in [4.69, 9.17) is 9.47 Å². The summed E-state index contributed by atoms with van der Waals surface area (Å²) >= 11 is 0.957. The number of hydrogen-bond donors (Lipinski definition) is 1. The minimum Gasteiger partial charge on any atom is -0.462 e. The lowest BCUT2D eigenvalue weighted by atomic mass is 10.1. The van der Waals surface area contributed by atoms with Gasteiger partial charge in [0.05, 0.1) is 24.3 Å². The third kappa shape index (κ3) is 4.21. The molecule has 0 saturated carbocycles. The van der Waals surface area contributed by atoms with Gasteiger partial charge in [-0.2, -0.15) is 0 Å². The summed E-state index contributed by atoms with van der Waals surface area (Å²) in [6, 6.07) is 5.44. The number of thiophene rings is 1. The number of carbonyl (C=O) groups excluding carboxylic acids is 3. The number of amides is 1. The Morgan fingerprint density at radius 3 is 2.32 bits per heavy atom. The zero-order valence-electron chi connectivity index (χ0n) is 13.6. The molecule has 1 heterocycles. The molecule has 0 aliphatic carbocycles. The Labute approximate surface area is 147 Å². The lowest BCUT2D eigenvalue weighted by Gasteiger charge is -2.08. The van der Waals surface area contributed by atoms with Crippen LogP contribution < -0.4 is 5.32 Å². The first-order chi connectivity index (χ1) is 12.0. The van der Waals surface area contributed by atoms with E-state index in [1.165, 1.54) is 23.6 Å². The second kappa shape index (κ2) is 8.39. The molecule has 1 aromatic heterocycles. The number of nitrogens with one attached hydrogen (secondary N) is 1. The van der Waals surface area contributed by atoms with E-state index in [0.29, 0.717) is 0 Å². The Morgan fingerprint density at radius 1 is 1.04 bits per heavy atom. The number of anilines is 1. The summed E-state index contributed by atoms with van der Waals surface area (Å²) in [7, 11) is 0. The van der Waals surface area contributed by atoms with Gasteiger partial charge < -0.3 is 14.8 Å². The number of hydrogen-bond acceptors (Lipinski definition) is 6. The summed E-state index contributed by atoms with van der Waals surface area (Å²) in [6.07, 6.45) is 0. The van der Waals surface area contributed by atoms with Gasteiger partial charge in [-0.25, -0.2) is 14.0 Å². The molecule has 2 rings (SSSR count). The lowest BCUT2D eigenvalue weighted by Crippen LogP contribution is -2.17. The molecular formula is C17H16FNO5S. The highest BCUT2D eigenvalue weighted by atomic mass is 32.1. The van der Waals surface area contributed by atoms with E-state index in [1.807, 2.05) is 0 Å². The quantitative estimate of drug-likeness (QED) is 0.793. The fourth-order valence-corrected chi connectivity index (χ4v) is 2.94. The van der Waals surface area contributed by atoms with Gasteiger partial charge >= 0.3 is 11.9 Å². The molecule has 8 heteroatoms. The zero-order chi connectivity index (χ0) is 18.4. The maximum Gasteiger partial charge on any atom is 0.342 e. The number of benzene rings is 1. The first kappa shape index (κ1) is 18.6. The molecule has 2 aromatic rings. The van der Waals surface area contributed by atoms with E-state index < -0.39 is 23.7 Å². The number of ether oxygens (including phenoxy) is 2. The molecule has 132 valence electrons. The van der Waals surface area contributed by atoms with E-state index in [1.54, 1.807) is 13.8 Å². The van der Waals surface area contributed by atoms with Crippen LogP contribution in [-0.4, -0.2) is 31.1 Å². The monoisotopic (exact) mass is 365 g/mol. The Morgan fingerprint density at radius 2 is 1.68 bits per heavy atom. The van der Waals surface area contributed by atoms with Gasteiger partial charge in [-0.05, 0) is 26.0 Å².